The van der Waals surface area contributed by atoms with Gasteiger partial charge in [-0.3, -0.25) is 4.68 Å². The number of hydrogen-bond acceptors (Lipinski definition) is 3. The molecule has 1 aromatic carbocycles. The van der Waals surface area contributed by atoms with Crippen molar-refractivity contribution in [1.82, 2.24) is 9.78 Å². The molecule has 0 saturated carbocycles. The Morgan fingerprint density at radius 3 is 2.58 bits per heavy atom. The van der Waals surface area contributed by atoms with Crippen LogP contribution in [0.1, 0.15) is 11.1 Å². The van der Waals surface area contributed by atoms with Gasteiger partial charge < -0.3 is 9.84 Å². The Morgan fingerprint density at radius 1 is 1.21 bits per heavy atom. The molecule has 0 atom stereocenters. The minimum Gasteiger partial charge on any atom is -0.435 e. The molecule has 0 aliphatic rings. The molecular formula is C13H14F2N2O2. The number of ether oxygens (including phenoxy) is 1. The first kappa shape index (κ1) is 13.5. The topological polar surface area (TPSA) is 47.3 Å². The van der Waals surface area contributed by atoms with Crippen molar-refractivity contribution >= 4 is 0 Å². The van der Waals surface area contributed by atoms with Crippen LogP contribution in [0, 0.1) is 0 Å². The van der Waals surface area contributed by atoms with E-state index in [1.54, 1.807) is 23.0 Å². The van der Waals surface area contributed by atoms with Crippen molar-refractivity contribution in [2.45, 2.75) is 19.6 Å². The highest BCUT2D eigenvalue weighted by Crippen LogP contribution is 2.15. The molecule has 1 aromatic heterocycles. The smallest absolute Gasteiger partial charge is 0.387 e. The molecule has 4 nitrogen and oxygen atoms in total. The molecule has 0 aliphatic heterocycles. The summed E-state index contributed by atoms with van der Waals surface area (Å²) in [6.07, 6.45) is 4.12. The van der Waals surface area contributed by atoms with Gasteiger partial charge in [0.05, 0.1) is 12.7 Å². The Balaban J connectivity index is 1.98. The molecule has 0 fully saturated rings. The number of benzene rings is 1. The van der Waals surface area contributed by atoms with Gasteiger partial charge >= 0.3 is 6.61 Å². The lowest BCUT2D eigenvalue weighted by molar-refractivity contribution is -0.0498. The molecule has 0 amide bonds. The largest absolute Gasteiger partial charge is 0.435 e. The molecule has 0 saturated heterocycles. The summed E-state index contributed by atoms with van der Waals surface area (Å²) < 4.78 is 30.0. The highest BCUT2D eigenvalue weighted by molar-refractivity contribution is 5.27. The summed E-state index contributed by atoms with van der Waals surface area (Å²) in [6, 6.07) is 6.43. The summed E-state index contributed by atoms with van der Waals surface area (Å²) in [4.78, 5) is 0. The van der Waals surface area contributed by atoms with Crippen molar-refractivity contribution in [1.29, 1.82) is 0 Å². The zero-order valence-electron chi connectivity index (χ0n) is 10.2. The summed E-state index contributed by atoms with van der Waals surface area (Å²) in [5, 5.41) is 13.0. The van der Waals surface area contributed by atoms with Gasteiger partial charge in [0.1, 0.15) is 5.75 Å². The second-order valence-corrected chi connectivity index (χ2v) is 4.04. The van der Waals surface area contributed by atoms with Crippen LogP contribution < -0.4 is 4.74 Å². The van der Waals surface area contributed by atoms with E-state index in [0.29, 0.717) is 13.0 Å². The normalized spacial score (nSPS) is 10.9. The lowest BCUT2D eigenvalue weighted by Gasteiger charge is -2.06. The maximum absolute atomic E-state index is 12.0. The molecule has 0 aliphatic carbocycles. The first-order chi connectivity index (χ1) is 9.17. The third-order valence-corrected chi connectivity index (χ3v) is 2.58. The monoisotopic (exact) mass is 268 g/mol. The number of aliphatic hydroxyl groups is 1. The zero-order valence-corrected chi connectivity index (χ0v) is 10.2. The van der Waals surface area contributed by atoms with Crippen molar-refractivity contribution in [3.63, 3.8) is 0 Å². The molecule has 1 heterocycles. The number of hydrogen-bond donors (Lipinski definition) is 1. The van der Waals surface area contributed by atoms with Gasteiger partial charge in [0.2, 0.25) is 0 Å². The van der Waals surface area contributed by atoms with Crippen LogP contribution in [0.2, 0.25) is 0 Å². The summed E-state index contributed by atoms with van der Waals surface area (Å²) in [5.41, 5.74) is 1.89. The number of halogens is 2. The zero-order chi connectivity index (χ0) is 13.7. The third-order valence-electron chi connectivity index (χ3n) is 2.58. The molecule has 0 radical (unpaired) electrons. The predicted octanol–water partition coefficient (Wildman–Crippen LogP) is 2.07. The Kier molecular flexibility index (Phi) is 4.46. The van der Waals surface area contributed by atoms with E-state index in [4.69, 9.17) is 5.11 Å². The van der Waals surface area contributed by atoms with Crippen LogP contribution in [0.15, 0.2) is 36.7 Å². The fourth-order valence-electron chi connectivity index (χ4n) is 1.71. The van der Waals surface area contributed by atoms with E-state index in [1.165, 1.54) is 12.1 Å². The van der Waals surface area contributed by atoms with Crippen LogP contribution >= 0.6 is 0 Å². The molecule has 2 rings (SSSR count). The van der Waals surface area contributed by atoms with Crippen molar-refractivity contribution in [2.75, 3.05) is 6.61 Å². The Hall–Kier alpha value is -1.95. The fourth-order valence-corrected chi connectivity index (χ4v) is 1.71. The van der Waals surface area contributed by atoms with E-state index < -0.39 is 6.61 Å². The molecule has 6 heteroatoms. The second kappa shape index (κ2) is 6.29. The van der Waals surface area contributed by atoms with E-state index in [2.05, 4.69) is 9.84 Å². The number of nitrogens with zero attached hydrogens (tertiary/aromatic N) is 2. The van der Waals surface area contributed by atoms with Crippen LogP contribution in [-0.4, -0.2) is 28.1 Å². The summed E-state index contributed by atoms with van der Waals surface area (Å²) in [5.74, 6) is 0.139. The minimum absolute atomic E-state index is 0.0886. The van der Waals surface area contributed by atoms with Gasteiger partial charge in [0, 0.05) is 12.8 Å². The van der Waals surface area contributed by atoms with Crippen molar-refractivity contribution in [2.24, 2.45) is 0 Å². The molecular weight excluding hydrogens is 254 g/mol. The quantitative estimate of drug-likeness (QED) is 0.872. The van der Waals surface area contributed by atoms with Gasteiger partial charge in [-0.15, -0.1) is 0 Å². The average Bonchev–Trinajstić information content (AvgIpc) is 2.79. The standard InChI is InChI=1S/C13H14F2N2O2/c14-13(15)19-12-3-1-10(2-4-12)8-17-9-11(5-6-18)7-16-17/h1-4,7,9,13,18H,5-6,8H2. The molecule has 19 heavy (non-hydrogen) atoms. The van der Waals surface area contributed by atoms with Crippen LogP contribution in [0.5, 0.6) is 5.75 Å². The number of aliphatic hydroxyl groups excluding tert-OH is 1. The molecule has 0 bridgehead atoms. The van der Waals surface area contributed by atoms with Gasteiger partial charge in [-0.25, -0.2) is 0 Å². The van der Waals surface area contributed by atoms with Gasteiger partial charge in [-0.05, 0) is 29.7 Å². The lowest BCUT2D eigenvalue weighted by atomic mass is 10.2. The molecule has 0 spiro atoms. The number of alkyl halides is 2. The number of rotatable bonds is 6. The van der Waals surface area contributed by atoms with E-state index >= 15 is 0 Å². The first-order valence-corrected chi connectivity index (χ1v) is 5.83. The van der Waals surface area contributed by atoms with E-state index in [9.17, 15) is 8.78 Å². The van der Waals surface area contributed by atoms with Crippen molar-refractivity contribution < 1.29 is 18.6 Å². The van der Waals surface area contributed by atoms with Gasteiger partial charge in [0.15, 0.2) is 0 Å². The maximum atomic E-state index is 12.0. The van der Waals surface area contributed by atoms with Crippen LogP contribution in [0.4, 0.5) is 8.78 Å². The minimum atomic E-state index is -2.81. The van der Waals surface area contributed by atoms with Crippen molar-refractivity contribution in [3.8, 4) is 5.75 Å². The summed E-state index contributed by atoms with van der Waals surface area (Å²) in [7, 11) is 0. The molecule has 102 valence electrons. The average molecular weight is 268 g/mol. The van der Waals surface area contributed by atoms with E-state index in [0.717, 1.165) is 11.1 Å². The van der Waals surface area contributed by atoms with Crippen LogP contribution in [-0.2, 0) is 13.0 Å². The predicted molar refractivity (Wildman–Crippen MR) is 65.2 cm³/mol. The third kappa shape index (κ3) is 4.03. The van der Waals surface area contributed by atoms with Gasteiger partial charge in [0.25, 0.3) is 0 Å². The Labute approximate surface area is 109 Å². The maximum Gasteiger partial charge on any atom is 0.387 e. The summed E-state index contributed by atoms with van der Waals surface area (Å²) in [6.45, 7) is -2.18. The van der Waals surface area contributed by atoms with Gasteiger partial charge in [-0.1, -0.05) is 12.1 Å². The molecule has 0 unspecified atom stereocenters. The number of aromatic nitrogens is 2. The second-order valence-electron chi connectivity index (χ2n) is 4.04. The van der Waals surface area contributed by atoms with E-state index in [-0.39, 0.29) is 12.4 Å². The van der Waals surface area contributed by atoms with Gasteiger partial charge in [-0.2, -0.15) is 13.9 Å². The summed E-state index contributed by atoms with van der Waals surface area (Å²) >= 11 is 0. The lowest BCUT2D eigenvalue weighted by Crippen LogP contribution is -2.03. The van der Waals surface area contributed by atoms with Crippen LogP contribution in [0.25, 0.3) is 0 Å². The fraction of sp³-hybridized carbons (Fsp3) is 0.308. The molecule has 2 aromatic rings. The molecule has 1 N–H and O–H groups in total. The SMILES string of the molecule is OCCc1cnn(Cc2ccc(OC(F)F)cc2)c1. The van der Waals surface area contributed by atoms with Crippen molar-refractivity contribution in [3.05, 3.63) is 47.8 Å². The Morgan fingerprint density at radius 2 is 1.95 bits per heavy atom. The van der Waals surface area contributed by atoms with Crippen LogP contribution in [0.3, 0.4) is 0 Å². The Bertz CT molecular complexity index is 512. The highest BCUT2D eigenvalue weighted by Gasteiger charge is 2.04. The first-order valence-electron chi connectivity index (χ1n) is 5.83. The highest BCUT2D eigenvalue weighted by atomic mass is 19.3. The van der Waals surface area contributed by atoms with E-state index in [1.807, 2.05) is 6.20 Å².